The first-order valence-corrected chi connectivity index (χ1v) is 8.90. The topological polar surface area (TPSA) is 102 Å². The summed E-state index contributed by atoms with van der Waals surface area (Å²) in [4.78, 5) is 19.2. The summed E-state index contributed by atoms with van der Waals surface area (Å²) in [7, 11) is 0. The van der Waals surface area contributed by atoms with Gasteiger partial charge in [0.2, 0.25) is 11.6 Å². The lowest BCUT2D eigenvalue weighted by atomic mass is 10.1. The first-order valence-electron chi connectivity index (χ1n) is 8.90. The molecule has 0 atom stereocenters. The van der Waals surface area contributed by atoms with Crippen molar-refractivity contribution in [1.82, 2.24) is 4.98 Å². The van der Waals surface area contributed by atoms with Gasteiger partial charge in [0.25, 0.3) is 0 Å². The Kier molecular flexibility index (Phi) is 4.56. The number of aliphatic imine (C=N–C) groups is 1. The fourth-order valence-electron chi connectivity index (χ4n) is 3.16. The minimum atomic E-state index is -0.636. The van der Waals surface area contributed by atoms with Gasteiger partial charge in [0.05, 0.1) is 10.6 Å². The predicted molar refractivity (Wildman–Crippen MR) is 111 cm³/mol. The van der Waals surface area contributed by atoms with Crippen LogP contribution in [0.15, 0.2) is 64.0 Å². The van der Waals surface area contributed by atoms with Gasteiger partial charge in [-0.15, -0.1) is 0 Å². The van der Waals surface area contributed by atoms with Crippen LogP contribution in [0.3, 0.4) is 0 Å². The van der Waals surface area contributed by atoms with Gasteiger partial charge < -0.3 is 9.52 Å². The molecule has 0 saturated carbocycles. The maximum absolute atomic E-state index is 10.9. The van der Waals surface area contributed by atoms with Crippen LogP contribution in [0.4, 0.5) is 11.4 Å². The number of para-hydroxylation sites is 1. The molecule has 0 saturated heterocycles. The maximum atomic E-state index is 10.9. The third-order valence-corrected chi connectivity index (χ3v) is 4.44. The monoisotopic (exact) mass is 387 g/mol. The number of aryl methyl sites for hydroxylation is 2. The molecule has 3 aromatic carbocycles. The fraction of sp³-hybridized carbons (Fsp3) is 0.0909. The number of oxazole rings is 1. The number of benzene rings is 3. The Balaban J connectivity index is 1.67. The summed E-state index contributed by atoms with van der Waals surface area (Å²) in [6.45, 7) is 4.05. The molecule has 0 bridgehead atoms. The molecule has 0 fully saturated rings. The number of fused-ring (bicyclic) bond motifs is 1. The van der Waals surface area contributed by atoms with Gasteiger partial charge in [0.15, 0.2) is 5.58 Å². The number of aromatic hydroxyl groups is 1. The van der Waals surface area contributed by atoms with Crippen molar-refractivity contribution in [3.8, 4) is 17.2 Å². The second kappa shape index (κ2) is 7.20. The molecule has 0 aliphatic rings. The molecule has 1 N–H and O–H groups in total. The number of nitrogens with zero attached hydrogens (tertiary/aromatic N) is 3. The highest BCUT2D eigenvalue weighted by Gasteiger charge is 2.15. The van der Waals surface area contributed by atoms with Crippen LogP contribution in [0, 0.1) is 24.0 Å². The smallest absolute Gasteiger partial charge is 0.311 e. The standard InChI is InChI=1S/C22H17N3O4/c1-13-8-14(2)10-16(9-13)22-24-18-11-17(6-7-20(18)29-22)23-12-15-4-3-5-19(21(15)26)25(27)28/h3-12,26H,1-2H3. The van der Waals surface area contributed by atoms with E-state index >= 15 is 0 Å². The average Bonchev–Trinajstić information content (AvgIpc) is 3.09. The van der Waals surface area contributed by atoms with E-state index < -0.39 is 10.7 Å². The second-order valence-corrected chi connectivity index (χ2v) is 6.78. The molecule has 0 aliphatic carbocycles. The van der Waals surface area contributed by atoms with E-state index in [-0.39, 0.29) is 11.3 Å². The minimum absolute atomic E-state index is 0.260. The Labute approximate surface area is 166 Å². The number of hydrogen-bond acceptors (Lipinski definition) is 6. The molecular weight excluding hydrogens is 370 g/mol. The molecule has 0 unspecified atom stereocenters. The molecule has 1 aromatic heterocycles. The van der Waals surface area contributed by atoms with Gasteiger partial charge in [0, 0.05) is 23.4 Å². The minimum Gasteiger partial charge on any atom is -0.502 e. The van der Waals surface area contributed by atoms with Crippen molar-refractivity contribution in [1.29, 1.82) is 0 Å². The van der Waals surface area contributed by atoms with Crippen molar-refractivity contribution in [2.45, 2.75) is 13.8 Å². The van der Waals surface area contributed by atoms with E-state index in [1.165, 1.54) is 18.3 Å². The maximum Gasteiger partial charge on any atom is 0.311 e. The molecule has 4 rings (SSSR count). The number of phenolic OH excluding ortho intramolecular Hbond substituents is 1. The number of nitro benzene ring substituents is 1. The largest absolute Gasteiger partial charge is 0.502 e. The van der Waals surface area contributed by atoms with E-state index in [4.69, 9.17) is 4.42 Å². The van der Waals surface area contributed by atoms with Crippen molar-refractivity contribution in [2.75, 3.05) is 0 Å². The molecule has 7 nitrogen and oxygen atoms in total. The number of phenols is 1. The van der Waals surface area contributed by atoms with Gasteiger partial charge in [-0.05, 0) is 50.2 Å². The summed E-state index contributed by atoms with van der Waals surface area (Å²) in [5.74, 6) is 0.116. The Morgan fingerprint density at radius 3 is 2.59 bits per heavy atom. The van der Waals surface area contributed by atoms with Crippen LogP contribution in [0.25, 0.3) is 22.6 Å². The molecule has 0 aliphatic heterocycles. The average molecular weight is 387 g/mol. The molecule has 144 valence electrons. The van der Waals surface area contributed by atoms with Crippen LogP contribution >= 0.6 is 0 Å². The highest BCUT2D eigenvalue weighted by molar-refractivity contribution is 5.88. The van der Waals surface area contributed by atoms with E-state index in [1.807, 2.05) is 26.0 Å². The zero-order valence-electron chi connectivity index (χ0n) is 15.8. The van der Waals surface area contributed by atoms with Crippen LogP contribution in [0.5, 0.6) is 5.75 Å². The molecule has 0 amide bonds. The lowest BCUT2D eigenvalue weighted by Crippen LogP contribution is -1.91. The number of nitro groups is 1. The first-order chi connectivity index (χ1) is 13.9. The van der Waals surface area contributed by atoms with Crippen LogP contribution < -0.4 is 0 Å². The normalized spacial score (nSPS) is 11.4. The van der Waals surface area contributed by atoms with Gasteiger partial charge in [-0.3, -0.25) is 15.1 Å². The quantitative estimate of drug-likeness (QED) is 0.284. The molecule has 1 heterocycles. The van der Waals surface area contributed by atoms with Gasteiger partial charge in [-0.25, -0.2) is 4.98 Å². The van der Waals surface area contributed by atoms with E-state index in [0.29, 0.717) is 22.7 Å². The van der Waals surface area contributed by atoms with Gasteiger partial charge in [0.1, 0.15) is 5.52 Å². The van der Waals surface area contributed by atoms with Gasteiger partial charge >= 0.3 is 5.69 Å². The molecule has 7 heteroatoms. The number of aromatic nitrogens is 1. The van der Waals surface area contributed by atoms with Crippen molar-refractivity contribution in [2.24, 2.45) is 4.99 Å². The molecule has 0 spiro atoms. The van der Waals surface area contributed by atoms with Crippen LogP contribution in [0.1, 0.15) is 16.7 Å². The van der Waals surface area contributed by atoms with Gasteiger partial charge in [-0.1, -0.05) is 23.3 Å². The van der Waals surface area contributed by atoms with Crippen LogP contribution in [0.2, 0.25) is 0 Å². The van der Waals surface area contributed by atoms with Crippen molar-refractivity contribution in [3.05, 3.63) is 81.4 Å². The lowest BCUT2D eigenvalue weighted by molar-refractivity contribution is -0.385. The summed E-state index contributed by atoms with van der Waals surface area (Å²) in [6, 6.07) is 15.7. The fourth-order valence-corrected chi connectivity index (χ4v) is 3.16. The zero-order valence-corrected chi connectivity index (χ0v) is 15.8. The molecule has 0 radical (unpaired) electrons. The second-order valence-electron chi connectivity index (χ2n) is 6.78. The van der Waals surface area contributed by atoms with Crippen LogP contribution in [-0.4, -0.2) is 21.2 Å². The van der Waals surface area contributed by atoms with Gasteiger partial charge in [-0.2, -0.15) is 0 Å². The Morgan fingerprint density at radius 1 is 1.10 bits per heavy atom. The SMILES string of the molecule is Cc1cc(C)cc(-c2nc3cc(N=Cc4cccc([N+](=O)[O-])c4O)ccc3o2)c1. The highest BCUT2D eigenvalue weighted by atomic mass is 16.6. The summed E-state index contributed by atoms with van der Waals surface area (Å²) in [6.07, 6.45) is 1.38. The van der Waals surface area contributed by atoms with E-state index in [9.17, 15) is 15.2 Å². The molecule has 4 aromatic rings. The third kappa shape index (κ3) is 3.70. The Hall–Kier alpha value is -4.00. The van der Waals surface area contributed by atoms with E-state index in [0.717, 1.165) is 16.7 Å². The third-order valence-electron chi connectivity index (χ3n) is 4.44. The first kappa shape index (κ1) is 18.4. The summed E-state index contributed by atoms with van der Waals surface area (Å²) in [5, 5.41) is 21.0. The Morgan fingerprint density at radius 2 is 1.86 bits per heavy atom. The van der Waals surface area contributed by atoms with Crippen LogP contribution in [-0.2, 0) is 0 Å². The number of hydrogen-bond donors (Lipinski definition) is 1. The summed E-state index contributed by atoms with van der Waals surface area (Å²) >= 11 is 0. The summed E-state index contributed by atoms with van der Waals surface area (Å²) < 4.78 is 5.87. The highest BCUT2D eigenvalue weighted by Crippen LogP contribution is 2.30. The van der Waals surface area contributed by atoms with E-state index in [2.05, 4.69) is 16.0 Å². The molecule has 29 heavy (non-hydrogen) atoms. The lowest BCUT2D eigenvalue weighted by Gasteiger charge is -2.00. The van der Waals surface area contributed by atoms with Crippen molar-refractivity contribution in [3.63, 3.8) is 0 Å². The van der Waals surface area contributed by atoms with E-state index in [1.54, 1.807) is 24.3 Å². The van der Waals surface area contributed by atoms with Crippen molar-refractivity contribution < 1.29 is 14.4 Å². The molecular formula is C22H17N3O4. The predicted octanol–water partition coefficient (Wildman–Crippen LogP) is 5.48. The number of rotatable bonds is 4. The van der Waals surface area contributed by atoms with Crippen molar-refractivity contribution >= 4 is 28.7 Å². The summed E-state index contributed by atoms with van der Waals surface area (Å²) in [5.41, 5.74) is 4.94. The Bertz CT molecular complexity index is 1250. The zero-order chi connectivity index (χ0) is 20.5.